The molecule has 18 aromatic rings. The molecule has 0 aliphatic heterocycles. The van der Waals surface area contributed by atoms with Crippen molar-refractivity contribution in [2.75, 3.05) is 0 Å². The summed E-state index contributed by atoms with van der Waals surface area (Å²) in [5.41, 5.74) is 24.8. The smallest absolute Gasteiger partial charge is 0.129 e. The first-order valence-corrected chi connectivity index (χ1v) is 41.4. The molecule has 0 atom stereocenters. The molecule has 0 spiro atoms. The standard InChI is InChI=1S/C23H18N4Si.C18H9BrN4.4C10H8N2.C5H10Si.CH3.2Ru.W/c1-28(2,3)13-10-15-8-9-18-19(14-15)27-23-17-7-5-12-25-21(17)20-16(22(23)26-18)6-4-11-24-20;19-10-5-6-13-14(9-10)23-18-12-4-2-8-21-16(12)15-11(17(18)22-13)3-1-7-20-15;4*1-3-7-11-9(5-1)10-6-2-4-8-12-10;1-5-6(2,3)4;;;;/h4-9,11-12,14H,1-3H3;1-9H;4*1-8H;1H,2-4H3;1H3;;;/q;;;;;;;-1;;;. The molecule has 14 aromatic heterocycles. The Morgan fingerprint density at radius 2 is 0.514 bits per heavy atom. The van der Waals surface area contributed by atoms with E-state index in [0.29, 0.717) is 0 Å². The summed E-state index contributed by atoms with van der Waals surface area (Å²) in [6.45, 7) is 13.2. The van der Waals surface area contributed by atoms with Gasteiger partial charge in [0.25, 0.3) is 0 Å². The average Bonchev–Trinajstić information content (AvgIpc) is 0.744. The maximum absolute atomic E-state index is 5.12. The van der Waals surface area contributed by atoms with Gasteiger partial charge >= 0.3 is 0 Å². The molecule has 0 aliphatic rings. The molecule has 0 N–H and O–H groups in total. The molecule has 0 aliphatic carbocycles. The third-order valence-electron chi connectivity index (χ3n) is 15.4. The van der Waals surface area contributed by atoms with Crippen LogP contribution < -0.4 is 0 Å². The Labute approximate surface area is 684 Å². The van der Waals surface area contributed by atoms with Gasteiger partial charge in [-0.15, -0.1) is 17.5 Å². The van der Waals surface area contributed by atoms with Crippen molar-refractivity contribution < 1.29 is 60.0 Å². The van der Waals surface area contributed by atoms with Crippen LogP contribution in [0.1, 0.15) is 5.56 Å². The van der Waals surface area contributed by atoms with Crippen molar-refractivity contribution in [1.29, 1.82) is 0 Å². The minimum atomic E-state index is -1.43. The Balaban J connectivity index is 0.000000167. The predicted octanol–water partition coefficient (Wildman–Crippen LogP) is 20.3. The number of halogens is 1. The topological polar surface area (TPSA) is 206 Å². The van der Waals surface area contributed by atoms with Crippen molar-refractivity contribution in [1.82, 2.24) is 79.7 Å². The number of pyridine rings is 12. The molecular formula is C87H72BrN16Ru2Si2W-. The number of rotatable bonds is 4. The van der Waals surface area contributed by atoms with E-state index in [2.05, 4.69) is 132 Å². The van der Waals surface area contributed by atoms with Crippen LogP contribution >= 0.6 is 15.9 Å². The first kappa shape index (κ1) is 83.5. The summed E-state index contributed by atoms with van der Waals surface area (Å²) in [6, 6.07) is 74.2. The van der Waals surface area contributed by atoms with Crippen molar-refractivity contribution in [3.63, 3.8) is 0 Å². The zero-order chi connectivity index (χ0) is 72.8. The number of hydrogen-bond acceptors (Lipinski definition) is 16. The van der Waals surface area contributed by atoms with Gasteiger partial charge in [-0.3, -0.25) is 59.8 Å². The fraction of sp³-hybridized carbons (Fsp3) is 0.0690. The van der Waals surface area contributed by atoms with E-state index in [1.807, 2.05) is 231 Å². The van der Waals surface area contributed by atoms with Crippen molar-refractivity contribution in [3.05, 3.63) is 322 Å². The molecule has 0 saturated carbocycles. The van der Waals surface area contributed by atoms with Crippen molar-refractivity contribution in [2.24, 2.45) is 0 Å². The Bertz CT molecular complexity index is 5590. The van der Waals surface area contributed by atoms with E-state index >= 15 is 0 Å². The van der Waals surface area contributed by atoms with Gasteiger partial charge in [0.15, 0.2) is 0 Å². The van der Waals surface area contributed by atoms with Gasteiger partial charge in [-0.25, -0.2) is 19.9 Å². The molecule has 18 rings (SSSR count). The maximum Gasteiger partial charge on any atom is 0.129 e. The normalized spacial score (nSPS) is 10.3. The second-order valence-corrected chi connectivity index (χ2v) is 35.8. The molecule has 538 valence electrons. The second-order valence-electron chi connectivity index (χ2n) is 25.4. The zero-order valence-electron chi connectivity index (χ0n) is 60.6. The first-order valence-electron chi connectivity index (χ1n) is 33.7. The number of fused-ring (bicyclic) bond motifs is 14. The molecule has 0 radical (unpaired) electrons. The van der Waals surface area contributed by atoms with Gasteiger partial charge in [0.2, 0.25) is 0 Å². The van der Waals surface area contributed by atoms with Gasteiger partial charge in [-0.2, -0.15) is 0 Å². The largest absolute Gasteiger partial charge is 0.358 e. The summed E-state index contributed by atoms with van der Waals surface area (Å²) < 4.78 is 0.989. The van der Waals surface area contributed by atoms with Crippen molar-refractivity contribution in [2.45, 2.75) is 39.3 Å². The molecule has 0 amide bonds. The zero-order valence-corrected chi connectivity index (χ0v) is 70.6. The fourth-order valence-electron chi connectivity index (χ4n) is 10.4. The molecule has 109 heavy (non-hydrogen) atoms. The molecule has 0 bridgehead atoms. The van der Waals surface area contributed by atoms with E-state index in [1.54, 1.807) is 74.4 Å². The van der Waals surface area contributed by atoms with Gasteiger partial charge in [-0.05, 0) is 182 Å². The molecule has 4 aromatic carbocycles. The molecule has 22 heteroatoms. The third-order valence-corrected chi connectivity index (χ3v) is 17.6. The number of aromatic nitrogens is 16. The van der Waals surface area contributed by atoms with Crippen LogP contribution in [0.15, 0.2) is 309 Å². The van der Waals surface area contributed by atoms with Crippen LogP contribution in [0.3, 0.4) is 0 Å². The Kier molecular flexibility index (Phi) is 31.2. The van der Waals surface area contributed by atoms with E-state index in [-0.39, 0.29) is 67.4 Å². The second kappa shape index (κ2) is 40.7. The number of benzene rings is 4. The monoisotopic (exact) mass is 1860 g/mol. The molecule has 0 unspecified atom stereocenters. The van der Waals surface area contributed by atoms with Crippen molar-refractivity contribution in [3.8, 4) is 69.0 Å². The summed E-state index contributed by atoms with van der Waals surface area (Å²) in [6.07, 6.45) is 26.4. The van der Waals surface area contributed by atoms with Crippen LogP contribution in [0.25, 0.3) is 133 Å². The van der Waals surface area contributed by atoms with Crippen LogP contribution in [0.2, 0.25) is 39.3 Å². The molecule has 0 fully saturated rings. The molecule has 0 saturated heterocycles. The molecule has 14 heterocycles. The van der Waals surface area contributed by atoms with Gasteiger partial charge in [0.05, 0.1) is 112 Å². The summed E-state index contributed by atoms with van der Waals surface area (Å²) >= 11 is 3.50. The van der Waals surface area contributed by atoms with E-state index in [0.717, 1.165) is 143 Å². The quantitative estimate of drug-likeness (QED) is 0.0528. The summed E-state index contributed by atoms with van der Waals surface area (Å²) in [4.78, 5) is 71.3. The Morgan fingerprint density at radius 3 is 0.752 bits per heavy atom. The first-order chi connectivity index (χ1) is 51.2. The van der Waals surface area contributed by atoms with Crippen LogP contribution in [-0.4, -0.2) is 95.9 Å². The number of nitrogens with zero attached hydrogens (tertiary/aromatic N) is 16. The van der Waals surface area contributed by atoms with Crippen LogP contribution in [-0.2, 0) is 60.0 Å². The van der Waals surface area contributed by atoms with Gasteiger partial charge in [0.1, 0.15) is 16.1 Å². The van der Waals surface area contributed by atoms with Crippen LogP contribution in [0.4, 0.5) is 0 Å². The fourth-order valence-corrected chi connectivity index (χ4v) is 11.3. The Hall–Kier alpha value is -11.1. The van der Waals surface area contributed by atoms with Gasteiger partial charge in [-0.1, -0.05) is 110 Å². The third kappa shape index (κ3) is 22.7. The Morgan fingerprint density at radius 1 is 0.275 bits per heavy atom. The maximum atomic E-state index is 5.12. The minimum Gasteiger partial charge on any atom is -0.358 e. The van der Waals surface area contributed by atoms with Crippen molar-refractivity contribution >= 4 is 120 Å². The minimum absolute atomic E-state index is 0. The van der Waals surface area contributed by atoms with E-state index < -0.39 is 16.1 Å². The number of terminal acetylenes is 1. The van der Waals surface area contributed by atoms with Gasteiger partial charge < -0.3 is 7.43 Å². The molecule has 16 nitrogen and oxygen atoms in total. The summed E-state index contributed by atoms with van der Waals surface area (Å²) in [5.74, 6) is 3.31. The van der Waals surface area contributed by atoms with Crippen LogP contribution in [0, 0.1) is 30.9 Å². The summed E-state index contributed by atoms with van der Waals surface area (Å²) in [5, 5.41) is 3.89. The van der Waals surface area contributed by atoms with E-state index in [1.165, 1.54) is 0 Å². The number of hydrogen-bond donors (Lipinski definition) is 0. The van der Waals surface area contributed by atoms with Crippen LogP contribution in [0.5, 0.6) is 0 Å². The average molecular weight is 1860 g/mol. The summed E-state index contributed by atoms with van der Waals surface area (Å²) in [7, 11) is -2.53. The molecular weight excluding hydrogens is 1790 g/mol. The SMILES string of the molecule is Brc1ccc2nc3c4cccnc4c4ncccc4c3nc2c1.C#C[Si](C)(C)C.C[Si](C)(C)C#Cc1ccc2nc3c4cccnc4c4ncccc4c3nc2c1.[CH3-].[Ru].[Ru].[W].c1ccc(-c2ccccn2)nc1.c1ccc(-c2ccccn2)nc1.c1ccc(-c2ccccn2)nc1.c1ccc(-c2ccccn2)nc1. The van der Waals surface area contributed by atoms with E-state index in [4.69, 9.17) is 26.4 Å². The predicted molar refractivity (Wildman–Crippen MR) is 442 cm³/mol. The van der Waals surface area contributed by atoms with Gasteiger partial charge in [0, 0.05) is 166 Å². The van der Waals surface area contributed by atoms with E-state index in [9.17, 15) is 0 Å².